The van der Waals surface area contributed by atoms with Crippen LogP contribution in [0.15, 0.2) is 0 Å². The maximum absolute atomic E-state index is 11.6. The minimum absolute atomic E-state index is 0.0586. The topological polar surface area (TPSA) is 41.6 Å². The van der Waals surface area contributed by atoms with Gasteiger partial charge in [-0.15, -0.1) is 0 Å². The maximum atomic E-state index is 11.6. The van der Waals surface area contributed by atoms with E-state index in [-0.39, 0.29) is 17.9 Å². The van der Waals surface area contributed by atoms with Gasteiger partial charge in [0.05, 0.1) is 13.0 Å². The predicted molar refractivity (Wildman–Crippen MR) is 73.5 cm³/mol. The van der Waals surface area contributed by atoms with Crippen LogP contribution < -0.4 is 5.32 Å². The SMILES string of the molecule is CCN(CC1CCNCC1)C(C)C(C)C(=O)OC. The average Bonchev–Trinajstić information content (AvgIpc) is 2.43. The Hall–Kier alpha value is -0.610. The van der Waals surface area contributed by atoms with Crippen LogP contribution in [0.4, 0.5) is 0 Å². The molecule has 1 aliphatic rings. The summed E-state index contributed by atoms with van der Waals surface area (Å²) in [6, 6.07) is 0.248. The number of nitrogens with one attached hydrogen (secondary N) is 1. The zero-order chi connectivity index (χ0) is 13.5. The van der Waals surface area contributed by atoms with E-state index < -0.39 is 0 Å². The van der Waals surface area contributed by atoms with Crippen molar-refractivity contribution in [1.29, 1.82) is 0 Å². The van der Waals surface area contributed by atoms with Gasteiger partial charge in [-0.2, -0.15) is 0 Å². The van der Waals surface area contributed by atoms with Crippen LogP contribution in [-0.4, -0.2) is 50.2 Å². The molecule has 0 aromatic rings. The Bertz CT molecular complexity index is 252. The first-order valence-electron chi connectivity index (χ1n) is 7.12. The summed E-state index contributed by atoms with van der Waals surface area (Å²) >= 11 is 0. The highest BCUT2D eigenvalue weighted by molar-refractivity contribution is 5.72. The summed E-state index contributed by atoms with van der Waals surface area (Å²) in [6.07, 6.45) is 2.49. The number of nitrogens with zero attached hydrogens (tertiary/aromatic N) is 1. The molecule has 0 aromatic carbocycles. The Labute approximate surface area is 111 Å². The van der Waals surface area contributed by atoms with Gasteiger partial charge in [0.25, 0.3) is 0 Å². The van der Waals surface area contributed by atoms with Crippen molar-refractivity contribution >= 4 is 5.97 Å². The lowest BCUT2D eigenvalue weighted by Gasteiger charge is -2.35. The monoisotopic (exact) mass is 256 g/mol. The summed E-state index contributed by atoms with van der Waals surface area (Å²) in [4.78, 5) is 14.0. The van der Waals surface area contributed by atoms with Crippen molar-refractivity contribution in [1.82, 2.24) is 10.2 Å². The molecular weight excluding hydrogens is 228 g/mol. The lowest BCUT2D eigenvalue weighted by molar-refractivity contribution is -0.147. The van der Waals surface area contributed by atoms with Crippen LogP contribution in [-0.2, 0) is 9.53 Å². The number of ether oxygens (including phenoxy) is 1. The molecule has 2 unspecified atom stereocenters. The molecule has 0 bridgehead atoms. The molecule has 0 spiro atoms. The Kier molecular flexibility index (Phi) is 6.65. The second-order valence-corrected chi connectivity index (χ2v) is 5.33. The van der Waals surface area contributed by atoms with Gasteiger partial charge in [0.2, 0.25) is 0 Å². The van der Waals surface area contributed by atoms with Crippen LogP contribution in [0.25, 0.3) is 0 Å². The van der Waals surface area contributed by atoms with Gasteiger partial charge in [0.1, 0.15) is 0 Å². The van der Waals surface area contributed by atoms with Crippen molar-refractivity contribution in [3.05, 3.63) is 0 Å². The third-order valence-electron chi connectivity index (χ3n) is 4.23. The van der Waals surface area contributed by atoms with E-state index in [2.05, 4.69) is 24.1 Å². The number of esters is 1. The molecule has 4 heteroatoms. The number of hydrogen-bond acceptors (Lipinski definition) is 4. The van der Waals surface area contributed by atoms with Gasteiger partial charge in [-0.1, -0.05) is 13.8 Å². The van der Waals surface area contributed by atoms with Crippen LogP contribution in [0.5, 0.6) is 0 Å². The van der Waals surface area contributed by atoms with E-state index in [1.165, 1.54) is 20.0 Å². The fraction of sp³-hybridized carbons (Fsp3) is 0.929. The molecule has 1 N–H and O–H groups in total. The first-order valence-corrected chi connectivity index (χ1v) is 7.12. The summed E-state index contributed by atoms with van der Waals surface area (Å²) < 4.78 is 4.84. The fourth-order valence-corrected chi connectivity index (χ4v) is 2.68. The highest BCUT2D eigenvalue weighted by Crippen LogP contribution is 2.18. The number of methoxy groups -OCH3 is 1. The van der Waals surface area contributed by atoms with Gasteiger partial charge < -0.3 is 10.1 Å². The predicted octanol–water partition coefficient (Wildman–Crippen LogP) is 1.51. The molecule has 0 amide bonds. The van der Waals surface area contributed by atoms with E-state index in [1.807, 2.05) is 6.92 Å². The zero-order valence-corrected chi connectivity index (χ0v) is 12.2. The molecule has 1 saturated heterocycles. The third kappa shape index (κ3) is 4.25. The van der Waals surface area contributed by atoms with E-state index in [9.17, 15) is 4.79 Å². The molecule has 1 rings (SSSR count). The molecule has 2 atom stereocenters. The van der Waals surface area contributed by atoms with Gasteiger partial charge in [0.15, 0.2) is 0 Å². The molecule has 1 heterocycles. The smallest absolute Gasteiger partial charge is 0.309 e. The zero-order valence-electron chi connectivity index (χ0n) is 12.2. The Morgan fingerprint density at radius 2 is 2.00 bits per heavy atom. The lowest BCUT2D eigenvalue weighted by atomic mass is 9.95. The standard InChI is InChI=1S/C14H28N2O2/c1-5-16(10-13-6-8-15-9-7-13)12(3)11(2)14(17)18-4/h11-13,15H,5-10H2,1-4H3. The highest BCUT2D eigenvalue weighted by atomic mass is 16.5. The Balaban J connectivity index is 2.50. The summed E-state index contributed by atoms with van der Waals surface area (Å²) in [6.45, 7) is 10.6. The lowest BCUT2D eigenvalue weighted by Crippen LogP contribution is -2.44. The Morgan fingerprint density at radius 3 is 2.50 bits per heavy atom. The normalized spacial score (nSPS) is 20.7. The molecular formula is C14H28N2O2. The third-order valence-corrected chi connectivity index (χ3v) is 4.23. The molecule has 1 fully saturated rings. The summed E-state index contributed by atoms with van der Waals surface area (Å²) in [7, 11) is 1.47. The number of carbonyl (C=O) groups excluding carboxylic acids is 1. The molecule has 0 radical (unpaired) electrons. The van der Waals surface area contributed by atoms with Crippen LogP contribution >= 0.6 is 0 Å². The van der Waals surface area contributed by atoms with Crippen LogP contribution in [0.3, 0.4) is 0 Å². The first-order chi connectivity index (χ1) is 8.60. The average molecular weight is 256 g/mol. The maximum Gasteiger partial charge on any atom is 0.309 e. The molecule has 18 heavy (non-hydrogen) atoms. The van der Waals surface area contributed by atoms with E-state index in [4.69, 9.17) is 4.74 Å². The molecule has 4 nitrogen and oxygen atoms in total. The summed E-state index contributed by atoms with van der Waals surface area (Å²) in [5.41, 5.74) is 0. The van der Waals surface area contributed by atoms with E-state index in [0.29, 0.717) is 0 Å². The van der Waals surface area contributed by atoms with Crippen LogP contribution in [0.2, 0.25) is 0 Å². The van der Waals surface area contributed by atoms with Crippen molar-refractivity contribution in [3.63, 3.8) is 0 Å². The number of hydrogen-bond donors (Lipinski definition) is 1. The van der Waals surface area contributed by atoms with E-state index >= 15 is 0 Å². The van der Waals surface area contributed by atoms with Gasteiger partial charge >= 0.3 is 5.97 Å². The fourth-order valence-electron chi connectivity index (χ4n) is 2.68. The minimum Gasteiger partial charge on any atom is -0.469 e. The first kappa shape index (κ1) is 15.4. The highest BCUT2D eigenvalue weighted by Gasteiger charge is 2.27. The van der Waals surface area contributed by atoms with E-state index in [0.717, 1.165) is 32.1 Å². The second-order valence-electron chi connectivity index (χ2n) is 5.33. The quantitative estimate of drug-likeness (QED) is 0.731. The largest absolute Gasteiger partial charge is 0.469 e. The van der Waals surface area contributed by atoms with E-state index in [1.54, 1.807) is 0 Å². The van der Waals surface area contributed by atoms with Gasteiger partial charge in [-0.05, 0) is 45.3 Å². The van der Waals surface area contributed by atoms with Crippen LogP contribution in [0.1, 0.15) is 33.6 Å². The van der Waals surface area contributed by atoms with Crippen molar-refractivity contribution in [2.24, 2.45) is 11.8 Å². The van der Waals surface area contributed by atoms with Crippen molar-refractivity contribution in [2.45, 2.75) is 39.7 Å². The molecule has 106 valence electrons. The van der Waals surface area contributed by atoms with Crippen molar-refractivity contribution in [3.8, 4) is 0 Å². The second kappa shape index (κ2) is 7.74. The van der Waals surface area contributed by atoms with Crippen molar-refractivity contribution in [2.75, 3.05) is 33.3 Å². The Morgan fingerprint density at radius 1 is 1.39 bits per heavy atom. The summed E-state index contributed by atoms with van der Waals surface area (Å²) in [5.74, 6) is 0.599. The molecule has 0 aromatic heterocycles. The number of piperidine rings is 1. The number of carbonyl (C=O) groups is 1. The molecule has 0 aliphatic carbocycles. The summed E-state index contributed by atoms with van der Waals surface area (Å²) in [5, 5.41) is 3.39. The van der Waals surface area contributed by atoms with Gasteiger partial charge in [0, 0.05) is 12.6 Å². The van der Waals surface area contributed by atoms with Gasteiger partial charge in [-0.3, -0.25) is 9.69 Å². The minimum atomic E-state index is -0.105. The van der Waals surface area contributed by atoms with Gasteiger partial charge in [-0.25, -0.2) is 0 Å². The molecule has 1 aliphatic heterocycles. The number of rotatable bonds is 6. The van der Waals surface area contributed by atoms with Crippen molar-refractivity contribution < 1.29 is 9.53 Å². The van der Waals surface area contributed by atoms with Crippen LogP contribution in [0, 0.1) is 11.8 Å². The molecule has 0 saturated carbocycles.